The smallest absolute Gasteiger partial charge is 0.408 e. The van der Waals surface area contributed by atoms with E-state index in [0.717, 1.165) is 18.2 Å². The number of benzene rings is 2. The summed E-state index contributed by atoms with van der Waals surface area (Å²) < 4.78 is 9.71. The lowest BCUT2D eigenvalue weighted by Gasteiger charge is -2.21. The van der Waals surface area contributed by atoms with Gasteiger partial charge in [0, 0.05) is 6.42 Å². The molecule has 2 atom stereocenters. The Hall–Kier alpha value is -4.15. The Morgan fingerprint density at radius 3 is 2.09 bits per heavy atom. The maximum atomic E-state index is 12.8. The Kier molecular flexibility index (Phi) is 9.44. The molecule has 2 aromatic rings. The molecule has 0 aromatic heterocycles. The van der Waals surface area contributed by atoms with Crippen LogP contribution >= 0.6 is 0 Å². The molecule has 0 heterocycles. The number of nitrogens with one attached hydrogen (secondary N) is 2. The summed E-state index contributed by atoms with van der Waals surface area (Å²) in [5.74, 6) is -1.71. The topological polar surface area (TPSA) is 146 Å². The third kappa shape index (κ3) is 8.30. The zero-order valence-electron chi connectivity index (χ0n) is 17.3. The Labute approximate surface area is 183 Å². The summed E-state index contributed by atoms with van der Waals surface area (Å²) in [6.45, 7) is -0.754. The molecule has 0 saturated carbocycles. The molecule has 0 radical (unpaired) electrons. The van der Waals surface area contributed by atoms with Crippen LogP contribution in [0.2, 0.25) is 0 Å². The fraction of sp³-hybridized carbons (Fsp3) is 0.286. The largest absolute Gasteiger partial charge is 0.467 e. The maximum Gasteiger partial charge on any atom is 0.408 e. The number of alkyl carbamates (subject to hydrolysis) is 1. The number of hydrogen-bond donors (Lipinski definition) is 2. The lowest BCUT2D eigenvalue weighted by Crippen LogP contribution is -2.54. The van der Waals surface area contributed by atoms with Gasteiger partial charge in [-0.15, -0.1) is 10.1 Å². The molecule has 2 rings (SSSR count). The summed E-state index contributed by atoms with van der Waals surface area (Å²) in [5, 5.41) is 14.1. The highest BCUT2D eigenvalue weighted by Gasteiger charge is 2.29. The second-order valence-corrected chi connectivity index (χ2v) is 6.55. The molecule has 11 nitrogen and oxygen atoms in total. The van der Waals surface area contributed by atoms with Crippen molar-refractivity contribution in [1.82, 2.24) is 10.6 Å². The zero-order chi connectivity index (χ0) is 23.3. The average Bonchev–Trinajstić information content (AvgIpc) is 2.80. The number of methoxy groups -OCH3 is 1. The minimum atomic E-state index is -1.45. The summed E-state index contributed by atoms with van der Waals surface area (Å²) in [7, 11) is 1.06. The average molecular weight is 445 g/mol. The van der Waals surface area contributed by atoms with Crippen LogP contribution in [0.1, 0.15) is 11.1 Å². The van der Waals surface area contributed by atoms with Gasteiger partial charge in [0.1, 0.15) is 19.3 Å². The zero-order valence-corrected chi connectivity index (χ0v) is 17.3. The van der Waals surface area contributed by atoms with Crippen LogP contribution in [0.4, 0.5) is 4.79 Å². The number of carbonyl (C=O) groups excluding carboxylic acids is 3. The van der Waals surface area contributed by atoms with Crippen molar-refractivity contribution in [3.8, 4) is 0 Å². The van der Waals surface area contributed by atoms with E-state index in [1.807, 2.05) is 6.07 Å². The number of nitrogens with zero attached hydrogens (tertiary/aromatic N) is 1. The van der Waals surface area contributed by atoms with E-state index in [1.54, 1.807) is 54.6 Å². The molecular formula is C21H23N3O8. The second-order valence-electron chi connectivity index (χ2n) is 6.55. The summed E-state index contributed by atoms with van der Waals surface area (Å²) in [6.07, 6.45) is -0.766. The van der Waals surface area contributed by atoms with Gasteiger partial charge in [-0.05, 0) is 11.1 Å². The van der Waals surface area contributed by atoms with Crippen LogP contribution in [0, 0.1) is 10.1 Å². The van der Waals surface area contributed by atoms with Gasteiger partial charge in [-0.3, -0.25) is 4.79 Å². The van der Waals surface area contributed by atoms with E-state index in [1.165, 1.54) is 0 Å². The van der Waals surface area contributed by atoms with Gasteiger partial charge in [0.15, 0.2) is 6.04 Å². The van der Waals surface area contributed by atoms with Crippen LogP contribution in [0.3, 0.4) is 0 Å². The van der Waals surface area contributed by atoms with Crippen LogP contribution in [0.5, 0.6) is 0 Å². The molecular weight excluding hydrogens is 422 g/mol. The van der Waals surface area contributed by atoms with E-state index >= 15 is 0 Å². The Balaban J connectivity index is 2.08. The molecule has 0 spiro atoms. The van der Waals surface area contributed by atoms with E-state index in [-0.39, 0.29) is 13.0 Å². The van der Waals surface area contributed by atoms with Crippen molar-refractivity contribution < 1.29 is 33.8 Å². The summed E-state index contributed by atoms with van der Waals surface area (Å²) in [5.41, 5.74) is 1.49. The molecule has 0 aliphatic carbocycles. The van der Waals surface area contributed by atoms with Crippen LogP contribution < -0.4 is 10.6 Å². The highest BCUT2D eigenvalue weighted by molar-refractivity contribution is 5.89. The predicted octanol–water partition coefficient (Wildman–Crippen LogP) is 1.39. The van der Waals surface area contributed by atoms with Crippen molar-refractivity contribution in [3.63, 3.8) is 0 Å². The van der Waals surface area contributed by atoms with Gasteiger partial charge in [-0.2, -0.15) is 0 Å². The van der Waals surface area contributed by atoms with E-state index in [9.17, 15) is 24.5 Å². The number of ether oxygens (including phenoxy) is 2. The molecule has 0 unspecified atom stereocenters. The molecule has 2 N–H and O–H groups in total. The highest BCUT2D eigenvalue weighted by Crippen LogP contribution is 2.06. The number of rotatable bonds is 11. The van der Waals surface area contributed by atoms with Crippen LogP contribution in [-0.4, -0.2) is 48.9 Å². The van der Waals surface area contributed by atoms with Gasteiger partial charge in [0.2, 0.25) is 5.91 Å². The lowest BCUT2D eigenvalue weighted by atomic mass is 10.1. The molecule has 0 aliphatic rings. The standard InChI is InChI=1S/C21H23N3O8/c1-30-20(26)18(14-32-24(28)29)22-19(25)17(12-15-8-4-2-5-9-15)23-21(27)31-13-16-10-6-3-7-11-16/h2-11,17-18H,12-14H2,1H3,(H,22,25)(H,23,27)/t17-,18-/m0/s1. The Bertz CT molecular complexity index is 908. The minimum absolute atomic E-state index is 0.00614. The number of amides is 2. The fourth-order valence-corrected chi connectivity index (χ4v) is 2.68. The van der Waals surface area contributed by atoms with E-state index in [0.29, 0.717) is 0 Å². The van der Waals surface area contributed by atoms with Crippen LogP contribution in [0.25, 0.3) is 0 Å². The first kappa shape index (κ1) is 24.1. The molecule has 0 bridgehead atoms. The van der Waals surface area contributed by atoms with Gasteiger partial charge in [-0.1, -0.05) is 60.7 Å². The third-order valence-electron chi connectivity index (χ3n) is 4.25. The first-order chi connectivity index (χ1) is 15.4. The van der Waals surface area contributed by atoms with Gasteiger partial charge < -0.3 is 24.9 Å². The molecule has 32 heavy (non-hydrogen) atoms. The third-order valence-corrected chi connectivity index (χ3v) is 4.25. The van der Waals surface area contributed by atoms with Crippen LogP contribution in [-0.2, 0) is 36.9 Å². The molecule has 0 fully saturated rings. The molecule has 11 heteroatoms. The van der Waals surface area contributed by atoms with Crippen molar-refractivity contribution in [2.45, 2.75) is 25.1 Å². The van der Waals surface area contributed by atoms with Gasteiger partial charge in [0.25, 0.3) is 5.09 Å². The SMILES string of the molecule is COC(=O)[C@H](CO[N+](=O)[O-])NC(=O)[C@H](Cc1ccccc1)NC(=O)OCc1ccccc1. The number of carbonyl (C=O) groups is 3. The van der Waals surface area contributed by atoms with Crippen molar-refractivity contribution >= 4 is 18.0 Å². The molecule has 0 saturated heterocycles. The summed E-state index contributed by atoms with van der Waals surface area (Å²) in [6, 6.07) is 15.2. The monoisotopic (exact) mass is 445 g/mol. The van der Waals surface area contributed by atoms with Crippen molar-refractivity contribution in [3.05, 3.63) is 81.9 Å². The molecule has 0 aliphatic heterocycles. The molecule has 2 amide bonds. The summed E-state index contributed by atoms with van der Waals surface area (Å²) >= 11 is 0. The predicted molar refractivity (Wildman–Crippen MR) is 111 cm³/mol. The van der Waals surface area contributed by atoms with Crippen molar-refractivity contribution in [2.24, 2.45) is 0 Å². The van der Waals surface area contributed by atoms with Crippen molar-refractivity contribution in [2.75, 3.05) is 13.7 Å². The normalized spacial score (nSPS) is 12.0. The first-order valence-electron chi connectivity index (χ1n) is 9.55. The maximum absolute atomic E-state index is 12.8. The highest BCUT2D eigenvalue weighted by atomic mass is 16.9. The van der Waals surface area contributed by atoms with E-state index < -0.39 is 41.7 Å². The van der Waals surface area contributed by atoms with Crippen LogP contribution in [0.15, 0.2) is 60.7 Å². The summed E-state index contributed by atoms with van der Waals surface area (Å²) in [4.78, 5) is 51.6. The van der Waals surface area contributed by atoms with Gasteiger partial charge in [-0.25, -0.2) is 9.59 Å². The van der Waals surface area contributed by atoms with Crippen molar-refractivity contribution in [1.29, 1.82) is 0 Å². The minimum Gasteiger partial charge on any atom is -0.467 e. The Morgan fingerprint density at radius 1 is 0.938 bits per heavy atom. The fourth-order valence-electron chi connectivity index (χ4n) is 2.68. The van der Waals surface area contributed by atoms with E-state index in [2.05, 4.69) is 20.2 Å². The number of hydrogen-bond acceptors (Lipinski definition) is 8. The number of esters is 1. The molecule has 170 valence electrons. The second kappa shape index (κ2) is 12.5. The Morgan fingerprint density at radius 2 is 1.53 bits per heavy atom. The van der Waals surface area contributed by atoms with E-state index in [4.69, 9.17) is 4.74 Å². The lowest BCUT2D eigenvalue weighted by molar-refractivity contribution is -0.757. The quantitative estimate of drug-likeness (QED) is 0.300. The molecule has 2 aromatic carbocycles. The van der Waals surface area contributed by atoms with Gasteiger partial charge in [0.05, 0.1) is 7.11 Å². The van der Waals surface area contributed by atoms with Gasteiger partial charge >= 0.3 is 12.1 Å². The first-order valence-corrected chi connectivity index (χ1v) is 9.55.